The van der Waals surface area contributed by atoms with Crippen molar-refractivity contribution in [3.63, 3.8) is 0 Å². The number of hydrogen-bond donors (Lipinski definition) is 0. The van der Waals surface area contributed by atoms with Crippen LogP contribution in [-0.4, -0.2) is 30.1 Å². The standard InChI is InChI=1S/C17H26N2O2Si/c1-17(9-10-17)21-16-14-7-5-6-8-15(14)18-19(16)13-20-11-12-22(2,3)4/h5-8H,9-13H2,1-4H3. The summed E-state index contributed by atoms with van der Waals surface area (Å²) in [6, 6.07) is 9.30. The quantitative estimate of drug-likeness (QED) is 0.565. The van der Waals surface area contributed by atoms with Crippen molar-refractivity contribution in [1.29, 1.82) is 0 Å². The Morgan fingerprint density at radius 3 is 2.64 bits per heavy atom. The van der Waals surface area contributed by atoms with Crippen LogP contribution in [0.2, 0.25) is 25.7 Å². The molecule has 3 rings (SSSR count). The first-order chi connectivity index (χ1) is 10.4. The van der Waals surface area contributed by atoms with E-state index in [1.54, 1.807) is 0 Å². The van der Waals surface area contributed by atoms with Crippen molar-refractivity contribution in [2.75, 3.05) is 6.61 Å². The maximum Gasteiger partial charge on any atom is 0.222 e. The Balaban J connectivity index is 1.74. The van der Waals surface area contributed by atoms with Crippen molar-refractivity contribution in [1.82, 2.24) is 9.78 Å². The largest absolute Gasteiger partial charge is 0.471 e. The van der Waals surface area contributed by atoms with Crippen molar-refractivity contribution in [2.24, 2.45) is 0 Å². The van der Waals surface area contributed by atoms with Gasteiger partial charge >= 0.3 is 0 Å². The van der Waals surface area contributed by atoms with Gasteiger partial charge in [-0.15, -0.1) is 0 Å². The summed E-state index contributed by atoms with van der Waals surface area (Å²) in [5, 5.41) is 5.71. The molecule has 1 aliphatic carbocycles. The van der Waals surface area contributed by atoms with Gasteiger partial charge in [0.05, 0.1) is 10.9 Å². The molecular formula is C17H26N2O2Si. The zero-order valence-corrected chi connectivity index (χ0v) is 15.1. The van der Waals surface area contributed by atoms with Crippen LogP contribution in [0.3, 0.4) is 0 Å². The van der Waals surface area contributed by atoms with E-state index in [1.165, 1.54) is 6.04 Å². The van der Waals surface area contributed by atoms with Crippen molar-refractivity contribution >= 4 is 19.0 Å². The number of fused-ring (bicyclic) bond motifs is 1. The van der Waals surface area contributed by atoms with Gasteiger partial charge in [0.25, 0.3) is 0 Å². The monoisotopic (exact) mass is 318 g/mol. The number of benzene rings is 1. The number of rotatable bonds is 7. The maximum atomic E-state index is 6.22. The molecule has 0 saturated heterocycles. The Labute approximate surface area is 133 Å². The topological polar surface area (TPSA) is 36.3 Å². The van der Waals surface area contributed by atoms with Crippen molar-refractivity contribution in [3.05, 3.63) is 24.3 Å². The molecule has 5 heteroatoms. The van der Waals surface area contributed by atoms with Crippen molar-refractivity contribution in [3.8, 4) is 5.88 Å². The number of hydrogen-bond acceptors (Lipinski definition) is 3. The first kappa shape index (κ1) is 15.6. The molecule has 1 aromatic carbocycles. The molecule has 0 amide bonds. The summed E-state index contributed by atoms with van der Waals surface area (Å²) < 4.78 is 14.0. The second-order valence-corrected chi connectivity index (χ2v) is 13.3. The molecule has 4 nitrogen and oxygen atoms in total. The minimum atomic E-state index is -1.05. The third kappa shape index (κ3) is 3.70. The molecule has 0 bridgehead atoms. The Morgan fingerprint density at radius 1 is 1.23 bits per heavy atom. The Hall–Kier alpha value is -1.33. The number of nitrogens with zero attached hydrogens (tertiary/aromatic N) is 2. The van der Waals surface area contributed by atoms with Crippen LogP contribution in [0.25, 0.3) is 10.9 Å². The molecular weight excluding hydrogens is 292 g/mol. The lowest BCUT2D eigenvalue weighted by Gasteiger charge is -2.17. The molecule has 0 aliphatic heterocycles. The van der Waals surface area contributed by atoms with Crippen LogP contribution in [-0.2, 0) is 11.5 Å². The minimum Gasteiger partial charge on any atom is -0.471 e. The van der Waals surface area contributed by atoms with E-state index < -0.39 is 8.07 Å². The lowest BCUT2D eigenvalue weighted by atomic mass is 10.2. The van der Waals surface area contributed by atoms with Crippen LogP contribution in [0.5, 0.6) is 5.88 Å². The van der Waals surface area contributed by atoms with Crippen molar-refractivity contribution < 1.29 is 9.47 Å². The average Bonchev–Trinajstić information content (AvgIpc) is 3.07. The van der Waals surface area contributed by atoms with Crippen LogP contribution in [0.15, 0.2) is 24.3 Å². The van der Waals surface area contributed by atoms with Crippen LogP contribution < -0.4 is 4.74 Å². The third-order valence-electron chi connectivity index (χ3n) is 4.10. The smallest absolute Gasteiger partial charge is 0.222 e. The number of aromatic nitrogens is 2. The van der Waals surface area contributed by atoms with Crippen LogP contribution in [0.4, 0.5) is 0 Å². The molecule has 2 aromatic rings. The molecule has 1 fully saturated rings. The molecule has 22 heavy (non-hydrogen) atoms. The molecule has 1 aliphatic rings. The van der Waals surface area contributed by atoms with Gasteiger partial charge in [-0.1, -0.05) is 31.8 Å². The first-order valence-electron chi connectivity index (χ1n) is 8.09. The van der Waals surface area contributed by atoms with Gasteiger partial charge in [-0.25, -0.2) is 4.68 Å². The summed E-state index contributed by atoms with van der Waals surface area (Å²) in [6.45, 7) is 10.5. The Kier molecular flexibility index (Phi) is 4.03. The zero-order valence-electron chi connectivity index (χ0n) is 14.1. The molecule has 1 aromatic heterocycles. The maximum absolute atomic E-state index is 6.22. The lowest BCUT2D eigenvalue weighted by molar-refractivity contribution is 0.0648. The summed E-state index contributed by atoms with van der Waals surface area (Å²) in [4.78, 5) is 0. The highest BCUT2D eigenvalue weighted by molar-refractivity contribution is 6.76. The van der Waals surface area contributed by atoms with Gasteiger partial charge in [-0.2, -0.15) is 5.10 Å². The van der Waals surface area contributed by atoms with Crippen LogP contribution in [0, 0.1) is 0 Å². The Bertz CT molecular complexity index is 656. The highest BCUT2D eigenvalue weighted by Gasteiger charge is 2.41. The van der Waals surface area contributed by atoms with E-state index in [4.69, 9.17) is 9.47 Å². The van der Waals surface area contributed by atoms with E-state index in [9.17, 15) is 0 Å². The molecule has 120 valence electrons. The fraction of sp³-hybridized carbons (Fsp3) is 0.588. The molecule has 0 radical (unpaired) electrons. The van der Waals surface area contributed by atoms with Gasteiger partial charge in [0.1, 0.15) is 12.3 Å². The van der Waals surface area contributed by atoms with E-state index in [1.807, 2.05) is 22.9 Å². The van der Waals surface area contributed by atoms with E-state index in [0.717, 1.165) is 36.2 Å². The van der Waals surface area contributed by atoms with Gasteiger partial charge in [0, 0.05) is 14.7 Å². The van der Waals surface area contributed by atoms with Crippen molar-refractivity contribution in [2.45, 2.75) is 57.8 Å². The van der Waals surface area contributed by atoms with Gasteiger partial charge in [0.15, 0.2) is 0 Å². The van der Waals surface area contributed by atoms with E-state index in [2.05, 4.69) is 37.7 Å². The molecule has 1 heterocycles. The SMILES string of the molecule is CC1(Oc2c3ccccc3nn2COCC[Si](C)(C)C)CC1. The number of ether oxygens (including phenoxy) is 2. The van der Waals surface area contributed by atoms with E-state index in [0.29, 0.717) is 6.73 Å². The summed E-state index contributed by atoms with van der Waals surface area (Å²) in [7, 11) is -1.05. The highest BCUT2D eigenvalue weighted by Crippen LogP contribution is 2.41. The zero-order chi connectivity index (χ0) is 15.8. The predicted octanol–water partition coefficient (Wildman–Crippen LogP) is 4.28. The van der Waals surface area contributed by atoms with Gasteiger partial charge in [0.2, 0.25) is 5.88 Å². The van der Waals surface area contributed by atoms with Gasteiger partial charge in [-0.05, 0) is 37.9 Å². The fourth-order valence-electron chi connectivity index (χ4n) is 2.29. The van der Waals surface area contributed by atoms with E-state index >= 15 is 0 Å². The summed E-state index contributed by atoms with van der Waals surface area (Å²) in [6.07, 6.45) is 2.23. The second-order valence-electron chi connectivity index (χ2n) is 7.72. The van der Waals surface area contributed by atoms with Gasteiger partial charge < -0.3 is 9.47 Å². The molecule has 0 spiro atoms. The Morgan fingerprint density at radius 2 is 1.95 bits per heavy atom. The van der Waals surface area contributed by atoms with Crippen LogP contribution in [0.1, 0.15) is 19.8 Å². The van der Waals surface area contributed by atoms with E-state index in [-0.39, 0.29) is 5.60 Å². The summed E-state index contributed by atoms with van der Waals surface area (Å²) in [5.74, 6) is 0.851. The summed E-state index contributed by atoms with van der Waals surface area (Å²) >= 11 is 0. The highest BCUT2D eigenvalue weighted by atomic mass is 28.3. The van der Waals surface area contributed by atoms with Gasteiger partial charge in [-0.3, -0.25) is 0 Å². The first-order valence-corrected chi connectivity index (χ1v) is 11.8. The minimum absolute atomic E-state index is 0.0150. The normalized spacial score (nSPS) is 16.9. The molecule has 0 atom stereocenters. The summed E-state index contributed by atoms with van der Waals surface area (Å²) in [5.41, 5.74) is 0.953. The molecule has 1 saturated carbocycles. The fourth-order valence-corrected chi connectivity index (χ4v) is 3.05. The predicted molar refractivity (Wildman–Crippen MR) is 92.1 cm³/mol. The second kappa shape index (κ2) is 5.70. The molecule has 0 unspecified atom stereocenters. The third-order valence-corrected chi connectivity index (χ3v) is 5.81. The lowest BCUT2D eigenvalue weighted by Crippen LogP contribution is -2.22. The average molecular weight is 318 g/mol. The van der Waals surface area contributed by atoms with Crippen LogP contribution >= 0.6 is 0 Å². The molecule has 0 N–H and O–H groups in total.